The van der Waals surface area contributed by atoms with Crippen molar-refractivity contribution in [3.05, 3.63) is 53.1 Å². The highest BCUT2D eigenvalue weighted by Gasteiger charge is 2.24. The van der Waals surface area contributed by atoms with Crippen LogP contribution in [0.1, 0.15) is 56.3 Å². The average Bonchev–Trinajstić information content (AvgIpc) is 2.69. The lowest BCUT2D eigenvalue weighted by Crippen LogP contribution is -2.30. The van der Waals surface area contributed by atoms with E-state index in [1.165, 1.54) is 16.7 Å². The summed E-state index contributed by atoms with van der Waals surface area (Å²) in [4.78, 5) is 0. The molecule has 0 aromatic heterocycles. The number of hydrogen-bond acceptors (Lipinski definition) is 4. The first-order chi connectivity index (χ1) is 13.3. The van der Waals surface area contributed by atoms with Crippen LogP contribution in [0.2, 0.25) is 0 Å². The van der Waals surface area contributed by atoms with Crippen LogP contribution in [-0.2, 0) is 6.42 Å². The number of fused-ring (bicyclic) bond motifs is 1. The molecule has 0 saturated heterocycles. The summed E-state index contributed by atoms with van der Waals surface area (Å²) in [6.07, 6.45) is 3.21. The first-order valence-corrected chi connectivity index (χ1v) is 10.1. The summed E-state index contributed by atoms with van der Waals surface area (Å²) in [6, 6.07) is 12.9. The molecule has 27 heavy (non-hydrogen) atoms. The third-order valence-electron chi connectivity index (χ3n) is 4.82. The molecule has 2 aromatic carbocycles. The zero-order chi connectivity index (χ0) is 19.1. The Morgan fingerprint density at radius 3 is 2.48 bits per heavy atom. The number of nitrogens with one attached hydrogen (secondary N) is 1. The Morgan fingerprint density at radius 1 is 0.963 bits per heavy atom. The van der Waals surface area contributed by atoms with Gasteiger partial charge in [0.05, 0.1) is 25.9 Å². The molecule has 0 amide bonds. The molecule has 1 heterocycles. The van der Waals surface area contributed by atoms with E-state index in [1.807, 2.05) is 19.9 Å². The SMILES string of the molecule is CCCCOc1cccc(C2NCCc3cc(OCC)c(OCC)cc32)c1. The van der Waals surface area contributed by atoms with Crippen molar-refractivity contribution in [1.29, 1.82) is 0 Å². The Morgan fingerprint density at radius 2 is 1.74 bits per heavy atom. The van der Waals surface area contributed by atoms with Crippen molar-refractivity contribution >= 4 is 0 Å². The van der Waals surface area contributed by atoms with Gasteiger partial charge in [0.25, 0.3) is 0 Å². The van der Waals surface area contributed by atoms with Gasteiger partial charge in [-0.25, -0.2) is 0 Å². The second kappa shape index (κ2) is 9.65. The first kappa shape index (κ1) is 19.6. The summed E-state index contributed by atoms with van der Waals surface area (Å²) < 4.78 is 17.6. The predicted molar refractivity (Wildman–Crippen MR) is 109 cm³/mol. The van der Waals surface area contributed by atoms with Crippen LogP contribution in [0.25, 0.3) is 0 Å². The smallest absolute Gasteiger partial charge is 0.161 e. The van der Waals surface area contributed by atoms with Crippen LogP contribution in [0.5, 0.6) is 17.2 Å². The number of ether oxygens (including phenoxy) is 3. The van der Waals surface area contributed by atoms with Gasteiger partial charge in [0, 0.05) is 6.54 Å². The van der Waals surface area contributed by atoms with E-state index < -0.39 is 0 Å². The summed E-state index contributed by atoms with van der Waals surface area (Å²) in [5, 5.41) is 3.65. The summed E-state index contributed by atoms with van der Waals surface area (Å²) in [5.41, 5.74) is 3.80. The van der Waals surface area contributed by atoms with Gasteiger partial charge in [-0.3, -0.25) is 0 Å². The normalized spacial score (nSPS) is 15.9. The van der Waals surface area contributed by atoms with E-state index in [1.54, 1.807) is 0 Å². The molecule has 2 aromatic rings. The van der Waals surface area contributed by atoms with E-state index in [-0.39, 0.29) is 6.04 Å². The quantitative estimate of drug-likeness (QED) is 0.638. The van der Waals surface area contributed by atoms with Gasteiger partial charge in [-0.15, -0.1) is 0 Å². The van der Waals surface area contributed by atoms with Crippen LogP contribution in [-0.4, -0.2) is 26.4 Å². The average molecular weight is 370 g/mol. The molecule has 3 rings (SSSR count). The third-order valence-corrected chi connectivity index (χ3v) is 4.82. The maximum absolute atomic E-state index is 5.91. The van der Waals surface area contributed by atoms with Gasteiger partial charge in [-0.05, 0) is 67.6 Å². The zero-order valence-corrected chi connectivity index (χ0v) is 16.7. The summed E-state index contributed by atoms with van der Waals surface area (Å²) in [5.74, 6) is 2.60. The number of hydrogen-bond donors (Lipinski definition) is 1. The van der Waals surface area contributed by atoms with Crippen molar-refractivity contribution in [3.63, 3.8) is 0 Å². The third kappa shape index (κ3) is 4.75. The molecule has 4 heteroatoms. The van der Waals surface area contributed by atoms with Crippen molar-refractivity contribution < 1.29 is 14.2 Å². The Labute approximate surface area is 162 Å². The molecular weight excluding hydrogens is 338 g/mol. The van der Waals surface area contributed by atoms with Crippen molar-refractivity contribution in [3.8, 4) is 17.2 Å². The molecule has 1 N–H and O–H groups in total. The largest absolute Gasteiger partial charge is 0.494 e. The molecule has 0 fully saturated rings. The van der Waals surface area contributed by atoms with E-state index in [0.717, 1.165) is 49.7 Å². The lowest BCUT2D eigenvalue weighted by atomic mass is 9.89. The summed E-state index contributed by atoms with van der Waals surface area (Å²) >= 11 is 0. The predicted octanol–water partition coefficient (Wildman–Crippen LogP) is 4.90. The van der Waals surface area contributed by atoms with Gasteiger partial charge in [0.2, 0.25) is 0 Å². The van der Waals surface area contributed by atoms with Crippen molar-refractivity contribution in [2.24, 2.45) is 0 Å². The van der Waals surface area contributed by atoms with Crippen LogP contribution in [0.4, 0.5) is 0 Å². The minimum atomic E-state index is 0.137. The van der Waals surface area contributed by atoms with Crippen LogP contribution in [0.3, 0.4) is 0 Å². The summed E-state index contributed by atoms with van der Waals surface area (Å²) in [7, 11) is 0. The second-order valence-electron chi connectivity index (χ2n) is 6.78. The van der Waals surface area contributed by atoms with Crippen molar-refractivity contribution in [2.75, 3.05) is 26.4 Å². The zero-order valence-electron chi connectivity index (χ0n) is 16.7. The summed E-state index contributed by atoms with van der Waals surface area (Å²) in [6.45, 7) is 9.15. The monoisotopic (exact) mass is 369 g/mol. The van der Waals surface area contributed by atoms with E-state index in [4.69, 9.17) is 14.2 Å². The van der Waals surface area contributed by atoms with Crippen LogP contribution in [0, 0.1) is 0 Å². The molecule has 0 aliphatic carbocycles. The van der Waals surface area contributed by atoms with Gasteiger partial charge in [-0.2, -0.15) is 0 Å². The highest BCUT2D eigenvalue weighted by atomic mass is 16.5. The van der Waals surface area contributed by atoms with Crippen LogP contribution < -0.4 is 19.5 Å². The van der Waals surface area contributed by atoms with Gasteiger partial charge in [0.1, 0.15) is 5.75 Å². The lowest BCUT2D eigenvalue weighted by Gasteiger charge is -2.29. The molecular formula is C23H31NO3. The van der Waals surface area contributed by atoms with Crippen LogP contribution >= 0.6 is 0 Å². The fourth-order valence-corrected chi connectivity index (χ4v) is 3.52. The van der Waals surface area contributed by atoms with Gasteiger partial charge in [0.15, 0.2) is 11.5 Å². The number of unbranched alkanes of at least 4 members (excludes halogenated alkanes) is 1. The molecule has 1 unspecified atom stereocenters. The maximum atomic E-state index is 5.91. The van der Waals surface area contributed by atoms with E-state index in [0.29, 0.717) is 13.2 Å². The highest BCUT2D eigenvalue weighted by Crippen LogP contribution is 2.38. The second-order valence-corrected chi connectivity index (χ2v) is 6.78. The molecule has 1 aliphatic heterocycles. The van der Waals surface area contributed by atoms with Gasteiger partial charge in [-0.1, -0.05) is 25.5 Å². The topological polar surface area (TPSA) is 39.7 Å². The first-order valence-electron chi connectivity index (χ1n) is 10.1. The molecule has 1 atom stereocenters. The van der Waals surface area contributed by atoms with E-state index in [2.05, 4.69) is 42.6 Å². The standard InChI is InChI=1S/C23H31NO3/c1-4-7-13-27-19-10-8-9-18(14-19)23-20-16-22(26-6-3)21(25-5-2)15-17(20)11-12-24-23/h8-10,14-16,23-24H,4-7,11-13H2,1-3H3. The molecule has 0 spiro atoms. The molecule has 4 nitrogen and oxygen atoms in total. The Hall–Kier alpha value is -2.20. The fourth-order valence-electron chi connectivity index (χ4n) is 3.52. The lowest BCUT2D eigenvalue weighted by molar-refractivity contribution is 0.286. The number of rotatable bonds is 9. The van der Waals surface area contributed by atoms with E-state index in [9.17, 15) is 0 Å². The Bertz CT molecular complexity index is 744. The molecule has 0 radical (unpaired) electrons. The fraction of sp³-hybridized carbons (Fsp3) is 0.478. The van der Waals surface area contributed by atoms with Crippen molar-refractivity contribution in [1.82, 2.24) is 5.32 Å². The molecule has 146 valence electrons. The molecule has 1 aliphatic rings. The molecule has 0 saturated carbocycles. The molecule has 0 bridgehead atoms. The van der Waals surface area contributed by atoms with Gasteiger partial charge < -0.3 is 19.5 Å². The van der Waals surface area contributed by atoms with Crippen LogP contribution in [0.15, 0.2) is 36.4 Å². The van der Waals surface area contributed by atoms with Crippen molar-refractivity contribution in [2.45, 2.75) is 46.1 Å². The van der Waals surface area contributed by atoms with E-state index >= 15 is 0 Å². The Balaban J connectivity index is 1.91. The minimum Gasteiger partial charge on any atom is -0.494 e. The minimum absolute atomic E-state index is 0.137. The number of benzene rings is 2. The maximum Gasteiger partial charge on any atom is 0.161 e. The Kier molecular flexibility index (Phi) is 6.99. The van der Waals surface area contributed by atoms with Gasteiger partial charge >= 0.3 is 0 Å². The highest BCUT2D eigenvalue weighted by molar-refractivity contribution is 5.52.